The topological polar surface area (TPSA) is 95.4 Å². The third-order valence-electron chi connectivity index (χ3n) is 14.1. The Bertz CT molecular complexity index is 1020. The molecule has 0 aromatic carbocycles. The Morgan fingerprint density at radius 1 is 0.816 bits per heavy atom. The summed E-state index contributed by atoms with van der Waals surface area (Å²) in [7, 11) is 0. The van der Waals surface area contributed by atoms with E-state index in [1.54, 1.807) is 6.92 Å². The van der Waals surface area contributed by atoms with E-state index in [0.29, 0.717) is 29.6 Å². The Balaban J connectivity index is 1.53. The number of rotatable bonds is 4. The van der Waals surface area contributed by atoms with Gasteiger partial charge in [-0.2, -0.15) is 0 Å². The van der Waals surface area contributed by atoms with Gasteiger partial charge in [0, 0.05) is 17.8 Å². The number of ketones is 1. The number of carbonyl (C=O) groups excluding carboxylic acids is 2. The van der Waals surface area contributed by atoms with Crippen molar-refractivity contribution in [3.8, 4) is 0 Å². The highest BCUT2D eigenvalue weighted by atomic mass is 16.5. The van der Waals surface area contributed by atoms with Gasteiger partial charge >= 0.3 is 5.97 Å². The summed E-state index contributed by atoms with van der Waals surface area (Å²) < 4.78 is 5.90. The van der Waals surface area contributed by atoms with Gasteiger partial charge in [0.2, 0.25) is 0 Å². The number of fused-ring (bicyclic) bond motifs is 7. The van der Waals surface area contributed by atoms with Crippen molar-refractivity contribution in [2.45, 2.75) is 125 Å². The fraction of sp³-hybridized carbons (Fsp3) is 0.879. The van der Waals surface area contributed by atoms with Crippen LogP contribution in [0.25, 0.3) is 0 Å². The molecule has 5 aliphatic carbocycles. The maximum Gasteiger partial charge on any atom is 0.302 e. The molecule has 0 amide bonds. The Morgan fingerprint density at radius 3 is 2.11 bits per heavy atom. The molecule has 5 heteroatoms. The summed E-state index contributed by atoms with van der Waals surface area (Å²) in [5.74, 6) is 2.31. The quantitative estimate of drug-likeness (QED) is 0.251. The second kappa shape index (κ2) is 8.90. The molecule has 0 saturated heterocycles. The molecule has 0 spiro atoms. The highest BCUT2D eigenvalue weighted by molar-refractivity contribution is 5.90. The van der Waals surface area contributed by atoms with Gasteiger partial charge in [0.25, 0.3) is 0 Å². The highest BCUT2D eigenvalue weighted by Gasteiger charge is 2.72. The molecule has 5 fully saturated rings. The van der Waals surface area contributed by atoms with E-state index < -0.39 is 6.17 Å². The summed E-state index contributed by atoms with van der Waals surface area (Å²) in [5, 5.41) is 0. The minimum atomic E-state index is -0.887. The fourth-order valence-corrected chi connectivity index (χ4v) is 12.3. The first-order valence-electron chi connectivity index (χ1n) is 15.4. The second-order valence-electron chi connectivity index (χ2n) is 15.7. The van der Waals surface area contributed by atoms with Crippen LogP contribution in [0, 0.1) is 56.7 Å². The number of hydrogen-bond acceptors (Lipinski definition) is 5. The lowest BCUT2D eigenvalue weighted by molar-refractivity contribution is -0.248. The van der Waals surface area contributed by atoms with Gasteiger partial charge in [-0.25, -0.2) is 0 Å². The number of esters is 1. The summed E-state index contributed by atoms with van der Waals surface area (Å²) in [6.45, 7) is 20.6. The molecule has 10 atom stereocenters. The van der Waals surface area contributed by atoms with Crippen LogP contribution in [0.4, 0.5) is 0 Å². The van der Waals surface area contributed by atoms with E-state index in [0.717, 1.165) is 38.5 Å². The first kappa shape index (κ1) is 28.3. The summed E-state index contributed by atoms with van der Waals surface area (Å²) in [5.41, 5.74) is 13.7. The van der Waals surface area contributed by atoms with Crippen molar-refractivity contribution in [1.29, 1.82) is 0 Å². The predicted octanol–water partition coefficient (Wildman–Crippen LogP) is 6.39. The number of allylic oxidation sites excluding steroid dienone is 1. The molecule has 5 nitrogen and oxygen atoms in total. The summed E-state index contributed by atoms with van der Waals surface area (Å²) in [6, 6.07) is 0. The van der Waals surface area contributed by atoms with Crippen molar-refractivity contribution < 1.29 is 14.3 Å². The van der Waals surface area contributed by atoms with Gasteiger partial charge < -0.3 is 16.2 Å². The zero-order valence-corrected chi connectivity index (χ0v) is 25.2. The molecule has 0 bridgehead atoms. The molecular formula is C33H54N2O3. The van der Waals surface area contributed by atoms with Crippen LogP contribution in [0.3, 0.4) is 0 Å². The van der Waals surface area contributed by atoms with Gasteiger partial charge in [-0.15, -0.1) is 0 Å². The van der Waals surface area contributed by atoms with Crippen molar-refractivity contribution in [1.82, 2.24) is 0 Å². The molecule has 0 radical (unpaired) electrons. The summed E-state index contributed by atoms with van der Waals surface area (Å²) >= 11 is 0. The average molecular weight is 527 g/mol. The van der Waals surface area contributed by atoms with E-state index in [9.17, 15) is 9.59 Å². The van der Waals surface area contributed by atoms with E-state index in [-0.39, 0.29) is 44.9 Å². The number of Topliss-reactive ketones (excluding diaryl/α,β-unsaturated/α-hetero) is 1. The van der Waals surface area contributed by atoms with Gasteiger partial charge in [-0.3, -0.25) is 9.59 Å². The molecule has 0 aliphatic heterocycles. The van der Waals surface area contributed by atoms with Crippen LogP contribution >= 0.6 is 0 Å². The van der Waals surface area contributed by atoms with Gasteiger partial charge in [-0.1, -0.05) is 46.8 Å². The number of hydrogen-bond donors (Lipinski definition) is 2. The zero-order valence-electron chi connectivity index (χ0n) is 25.2. The van der Waals surface area contributed by atoms with Crippen LogP contribution < -0.4 is 11.5 Å². The molecule has 4 unspecified atom stereocenters. The molecule has 5 aliphatic rings. The maximum atomic E-state index is 13.7. The summed E-state index contributed by atoms with van der Waals surface area (Å²) in [4.78, 5) is 25.6. The van der Waals surface area contributed by atoms with Gasteiger partial charge in [-0.05, 0) is 117 Å². The lowest BCUT2D eigenvalue weighted by Gasteiger charge is -2.73. The van der Waals surface area contributed by atoms with Crippen molar-refractivity contribution in [3.05, 3.63) is 12.2 Å². The Hall–Kier alpha value is -1.20. The van der Waals surface area contributed by atoms with Crippen molar-refractivity contribution in [3.63, 3.8) is 0 Å². The lowest BCUT2D eigenvalue weighted by atomic mass is 9.32. The molecule has 4 N–H and O–H groups in total. The second-order valence-corrected chi connectivity index (χ2v) is 15.7. The van der Waals surface area contributed by atoms with Crippen LogP contribution in [-0.2, 0) is 14.3 Å². The molecule has 0 aromatic heterocycles. The standard InChI is InChI=1S/C33H54N2O3/c1-19(2)21-11-16-33(27(37)28(34)35)18-17-31(7)22(26(21)33)9-10-24-30(6)14-13-25(38-20(3)36)29(4,5)23(30)12-15-32(24,31)8/h21-26,28H,1,9-18,34-35H2,2-8H3/t21-,22?,23?,24?,25-,26?,30-,31+,32+,33-/m0/s1. The Kier molecular flexibility index (Phi) is 6.63. The molecule has 214 valence electrons. The van der Waals surface area contributed by atoms with Crippen LogP contribution in [0.2, 0.25) is 0 Å². The Labute approximate surface area is 231 Å². The maximum absolute atomic E-state index is 13.7. The average Bonchev–Trinajstić information content (AvgIpc) is 3.22. The zero-order chi connectivity index (χ0) is 28.1. The number of ether oxygens (including phenoxy) is 1. The minimum absolute atomic E-state index is 0.00551. The Morgan fingerprint density at radius 2 is 1.50 bits per heavy atom. The minimum Gasteiger partial charge on any atom is -0.462 e. The highest BCUT2D eigenvalue weighted by Crippen LogP contribution is 2.77. The molecule has 38 heavy (non-hydrogen) atoms. The third kappa shape index (κ3) is 3.55. The van der Waals surface area contributed by atoms with Crippen LogP contribution in [0.1, 0.15) is 113 Å². The fourth-order valence-electron chi connectivity index (χ4n) is 12.3. The van der Waals surface area contributed by atoms with Gasteiger partial charge in [0.15, 0.2) is 5.78 Å². The lowest BCUT2D eigenvalue weighted by Crippen LogP contribution is -2.67. The molecule has 5 rings (SSSR count). The van der Waals surface area contributed by atoms with Crippen LogP contribution in [0.5, 0.6) is 0 Å². The van der Waals surface area contributed by atoms with E-state index >= 15 is 0 Å². The van der Waals surface area contributed by atoms with Crippen molar-refractivity contribution >= 4 is 11.8 Å². The van der Waals surface area contributed by atoms with Gasteiger partial charge in [0.1, 0.15) is 12.3 Å². The van der Waals surface area contributed by atoms with Gasteiger partial charge in [0.05, 0.1) is 0 Å². The van der Waals surface area contributed by atoms with E-state index in [1.807, 2.05) is 0 Å². The molecule has 0 aromatic rings. The van der Waals surface area contributed by atoms with Crippen LogP contribution in [-0.4, -0.2) is 24.0 Å². The van der Waals surface area contributed by atoms with E-state index in [1.165, 1.54) is 31.3 Å². The monoisotopic (exact) mass is 526 g/mol. The van der Waals surface area contributed by atoms with Crippen molar-refractivity contribution in [2.24, 2.45) is 68.1 Å². The smallest absolute Gasteiger partial charge is 0.302 e. The predicted molar refractivity (Wildman–Crippen MR) is 152 cm³/mol. The van der Waals surface area contributed by atoms with Crippen LogP contribution in [0.15, 0.2) is 12.2 Å². The number of carbonyl (C=O) groups is 2. The SMILES string of the molecule is C=C(C)[C@@H]1CC[C@]2(C(=O)C(N)N)CC[C@]3(C)C(CCC4[C@@]5(C)CC[C@H](OC(C)=O)C(C)(C)C5CC[C@]43C)C12. The summed E-state index contributed by atoms with van der Waals surface area (Å²) in [6.07, 6.45) is 9.95. The van der Waals surface area contributed by atoms with E-state index in [4.69, 9.17) is 16.2 Å². The van der Waals surface area contributed by atoms with E-state index in [2.05, 4.69) is 48.1 Å². The molecule has 5 saturated carbocycles. The molecule has 0 heterocycles. The first-order chi connectivity index (χ1) is 17.6. The third-order valence-corrected chi connectivity index (χ3v) is 14.1. The molecular weight excluding hydrogens is 472 g/mol. The van der Waals surface area contributed by atoms with Crippen molar-refractivity contribution in [2.75, 3.05) is 0 Å². The number of nitrogens with two attached hydrogens (primary N) is 2. The largest absolute Gasteiger partial charge is 0.462 e. The first-order valence-corrected chi connectivity index (χ1v) is 15.4. The normalized spacial score (nSPS) is 49.3.